The zero-order valence-corrected chi connectivity index (χ0v) is 14.6. The Hall–Kier alpha value is -2.85. The van der Waals surface area contributed by atoms with Gasteiger partial charge in [-0.2, -0.15) is 4.98 Å². The van der Waals surface area contributed by atoms with Crippen LogP contribution in [0.4, 0.5) is 0 Å². The number of fused-ring (bicyclic) bond motifs is 1. The van der Waals surface area contributed by atoms with E-state index >= 15 is 0 Å². The summed E-state index contributed by atoms with van der Waals surface area (Å²) in [4.78, 5) is 13.4. The molecule has 1 unspecified atom stereocenters. The summed E-state index contributed by atoms with van der Waals surface area (Å²) in [5.41, 5.74) is 1.14. The molecule has 3 heterocycles. The van der Waals surface area contributed by atoms with Crippen molar-refractivity contribution >= 4 is 11.2 Å². The van der Waals surface area contributed by atoms with Crippen molar-refractivity contribution in [2.75, 3.05) is 6.61 Å². The van der Waals surface area contributed by atoms with Gasteiger partial charge in [-0.05, 0) is 30.9 Å². The number of aliphatic hydroxyl groups is 1. The highest BCUT2D eigenvalue weighted by atomic mass is 16.5. The van der Waals surface area contributed by atoms with Gasteiger partial charge in [0.15, 0.2) is 22.7 Å². The van der Waals surface area contributed by atoms with Crippen LogP contribution in [0.2, 0.25) is 0 Å². The number of hydrogen-bond donors (Lipinski definition) is 1. The summed E-state index contributed by atoms with van der Waals surface area (Å²) in [7, 11) is 1.84. The van der Waals surface area contributed by atoms with Gasteiger partial charge in [0.1, 0.15) is 6.10 Å². The second kappa shape index (κ2) is 6.95. The fourth-order valence-electron chi connectivity index (χ4n) is 2.26. The second-order valence-corrected chi connectivity index (χ2v) is 5.89. The summed E-state index contributed by atoms with van der Waals surface area (Å²) in [5.74, 6) is 7.52. The fraction of sp³-hybridized carbons (Fsp3) is 0.389. The van der Waals surface area contributed by atoms with Crippen LogP contribution in [0.15, 0.2) is 22.8 Å². The number of ether oxygens (including phenoxy) is 1. The molecule has 1 N–H and O–H groups in total. The lowest BCUT2D eigenvalue weighted by atomic mass is 10.1. The Morgan fingerprint density at radius 1 is 1.32 bits per heavy atom. The molecule has 130 valence electrons. The number of aromatic nitrogens is 4. The highest BCUT2D eigenvalue weighted by molar-refractivity contribution is 5.81. The molecule has 0 bridgehead atoms. The third-order valence-corrected chi connectivity index (χ3v) is 3.67. The van der Waals surface area contributed by atoms with Gasteiger partial charge in [0.05, 0.1) is 12.9 Å². The number of furan rings is 1. The van der Waals surface area contributed by atoms with Crippen LogP contribution in [-0.2, 0) is 7.05 Å². The molecule has 0 saturated carbocycles. The van der Waals surface area contributed by atoms with Gasteiger partial charge < -0.3 is 18.8 Å². The van der Waals surface area contributed by atoms with Gasteiger partial charge in [-0.3, -0.25) is 0 Å². The number of rotatable bonds is 4. The van der Waals surface area contributed by atoms with E-state index in [1.807, 2.05) is 38.5 Å². The molecule has 0 spiro atoms. The Balaban J connectivity index is 2.14. The molecule has 1 atom stereocenters. The average Bonchev–Trinajstić information content (AvgIpc) is 3.21. The first kappa shape index (κ1) is 17.0. The molecular formula is C18H20N4O3. The zero-order chi connectivity index (χ0) is 18.0. The molecule has 0 aromatic carbocycles. The molecule has 3 aromatic heterocycles. The van der Waals surface area contributed by atoms with E-state index in [-0.39, 0.29) is 11.7 Å². The van der Waals surface area contributed by atoms with E-state index < -0.39 is 6.10 Å². The Morgan fingerprint density at radius 3 is 2.76 bits per heavy atom. The van der Waals surface area contributed by atoms with E-state index in [4.69, 9.17) is 9.15 Å². The molecule has 3 aromatic rings. The van der Waals surface area contributed by atoms with Crippen LogP contribution >= 0.6 is 0 Å². The number of aryl methyl sites for hydroxylation is 1. The maximum atomic E-state index is 9.87. The summed E-state index contributed by atoms with van der Waals surface area (Å²) in [6, 6.07) is 3.63. The van der Waals surface area contributed by atoms with Crippen LogP contribution < -0.4 is 4.74 Å². The Labute approximate surface area is 145 Å². The van der Waals surface area contributed by atoms with Crippen molar-refractivity contribution in [2.45, 2.75) is 26.9 Å². The minimum absolute atomic E-state index is 0.0323. The molecule has 25 heavy (non-hydrogen) atoms. The number of nitrogens with zero attached hydrogens (tertiary/aromatic N) is 4. The van der Waals surface area contributed by atoms with E-state index in [2.05, 4.69) is 26.8 Å². The zero-order valence-electron chi connectivity index (χ0n) is 14.6. The van der Waals surface area contributed by atoms with Crippen molar-refractivity contribution in [3.63, 3.8) is 0 Å². The van der Waals surface area contributed by atoms with Crippen molar-refractivity contribution in [1.82, 2.24) is 19.5 Å². The molecule has 0 radical (unpaired) electrons. The summed E-state index contributed by atoms with van der Waals surface area (Å²) in [5, 5.41) is 9.87. The van der Waals surface area contributed by atoms with Crippen molar-refractivity contribution in [3.8, 4) is 29.3 Å². The van der Waals surface area contributed by atoms with Gasteiger partial charge in [0.25, 0.3) is 0 Å². The third kappa shape index (κ3) is 3.35. The van der Waals surface area contributed by atoms with Crippen molar-refractivity contribution < 1.29 is 14.3 Å². The lowest BCUT2D eigenvalue weighted by Gasteiger charge is -2.06. The van der Waals surface area contributed by atoms with Gasteiger partial charge in [-0.1, -0.05) is 19.8 Å². The lowest BCUT2D eigenvalue weighted by molar-refractivity contribution is 0.181. The number of imidazole rings is 1. The molecule has 3 rings (SSSR count). The van der Waals surface area contributed by atoms with Crippen LogP contribution in [0.25, 0.3) is 22.7 Å². The Morgan fingerprint density at radius 2 is 2.12 bits per heavy atom. The fourth-order valence-corrected chi connectivity index (χ4v) is 2.26. The van der Waals surface area contributed by atoms with Crippen molar-refractivity contribution in [3.05, 3.63) is 24.2 Å². The first-order valence-corrected chi connectivity index (χ1v) is 8.12. The predicted molar refractivity (Wildman–Crippen MR) is 92.9 cm³/mol. The van der Waals surface area contributed by atoms with E-state index in [9.17, 15) is 5.11 Å². The molecule has 0 aliphatic heterocycles. The normalized spacial score (nSPS) is 12.2. The molecular weight excluding hydrogens is 320 g/mol. The van der Waals surface area contributed by atoms with Crippen LogP contribution in [0.1, 0.15) is 26.6 Å². The Kier molecular flexibility index (Phi) is 4.72. The second-order valence-electron chi connectivity index (χ2n) is 5.89. The van der Waals surface area contributed by atoms with Gasteiger partial charge in [0, 0.05) is 7.05 Å². The SMILES string of the molecule is CCOc1nc(C#CC(O)C(C)C)nc2c1nc(-c1ccco1)n2C. The minimum atomic E-state index is -0.736. The molecule has 7 nitrogen and oxygen atoms in total. The highest BCUT2D eigenvalue weighted by Gasteiger charge is 2.19. The van der Waals surface area contributed by atoms with Gasteiger partial charge >= 0.3 is 0 Å². The monoisotopic (exact) mass is 340 g/mol. The highest BCUT2D eigenvalue weighted by Crippen LogP contribution is 2.27. The summed E-state index contributed by atoms with van der Waals surface area (Å²) in [6.07, 6.45) is 0.855. The van der Waals surface area contributed by atoms with E-state index in [0.717, 1.165) is 0 Å². The van der Waals surface area contributed by atoms with E-state index in [1.165, 1.54) is 0 Å². The third-order valence-electron chi connectivity index (χ3n) is 3.67. The van der Waals surface area contributed by atoms with Crippen LogP contribution in [0.5, 0.6) is 5.88 Å². The quantitative estimate of drug-likeness (QED) is 0.734. The first-order valence-electron chi connectivity index (χ1n) is 8.12. The van der Waals surface area contributed by atoms with E-state index in [0.29, 0.717) is 35.2 Å². The van der Waals surface area contributed by atoms with Crippen molar-refractivity contribution in [2.24, 2.45) is 13.0 Å². The summed E-state index contributed by atoms with van der Waals surface area (Å²) < 4.78 is 12.9. The van der Waals surface area contributed by atoms with E-state index in [1.54, 1.807) is 12.3 Å². The predicted octanol–water partition coefficient (Wildman–Crippen LogP) is 2.39. The number of aliphatic hydroxyl groups excluding tert-OH is 1. The summed E-state index contributed by atoms with van der Waals surface area (Å²) in [6.45, 7) is 6.11. The maximum Gasteiger partial charge on any atom is 0.246 e. The maximum absolute atomic E-state index is 9.87. The summed E-state index contributed by atoms with van der Waals surface area (Å²) >= 11 is 0. The average molecular weight is 340 g/mol. The molecule has 7 heteroatoms. The van der Waals surface area contributed by atoms with Gasteiger partial charge in [-0.15, -0.1) is 0 Å². The molecule has 0 saturated heterocycles. The van der Waals surface area contributed by atoms with Crippen LogP contribution in [0, 0.1) is 17.8 Å². The largest absolute Gasteiger partial charge is 0.476 e. The molecule has 0 aliphatic carbocycles. The van der Waals surface area contributed by atoms with Crippen molar-refractivity contribution in [1.29, 1.82) is 0 Å². The Bertz CT molecular complexity index is 933. The standard InChI is InChI=1S/C18H20N4O3/c1-5-24-18-15-17(19-14(20-18)9-8-12(23)11(2)3)22(4)16(21-15)13-7-6-10-25-13/h6-7,10-12,23H,5H2,1-4H3. The smallest absolute Gasteiger partial charge is 0.246 e. The molecule has 0 amide bonds. The van der Waals surface area contributed by atoms with Crippen LogP contribution in [0.3, 0.4) is 0 Å². The molecule has 0 fully saturated rings. The van der Waals surface area contributed by atoms with Gasteiger partial charge in [-0.25, -0.2) is 9.97 Å². The molecule has 0 aliphatic rings. The lowest BCUT2D eigenvalue weighted by Crippen LogP contribution is -2.11. The van der Waals surface area contributed by atoms with Gasteiger partial charge in [0.2, 0.25) is 11.7 Å². The topological polar surface area (TPSA) is 86.2 Å². The minimum Gasteiger partial charge on any atom is -0.476 e. The first-order chi connectivity index (χ1) is 12.0. The van der Waals surface area contributed by atoms with Crippen LogP contribution in [-0.4, -0.2) is 37.3 Å². The number of hydrogen-bond acceptors (Lipinski definition) is 6.